The van der Waals surface area contributed by atoms with Crippen LogP contribution in [0.2, 0.25) is 0 Å². The Morgan fingerprint density at radius 1 is 1.04 bits per heavy atom. The van der Waals surface area contributed by atoms with Crippen molar-refractivity contribution in [2.24, 2.45) is 4.99 Å². The van der Waals surface area contributed by atoms with Crippen LogP contribution in [0.25, 0.3) is 11.3 Å². The van der Waals surface area contributed by atoms with E-state index in [2.05, 4.69) is 39.1 Å². The molecule has 0 aliphatic carbocycles. The van der Waals surface area contributed by atoms with E-state index < -0.39 is 0 Å². The van der Waals surface area contributed by atoms with Gasteiger partial charge in [-0.15, -0.1) is 11.3 Å². The van der Waals surface area contributed by atoms with Crippen molar-refractivity contribution in [3.05, 3.63) is 59.5 Å². The number of anilines is 2. The van der Waals surface area contributed by atoms with E-state index >= 15 is 0 Å². The first-order chi connectivity index (χ1) is 11.1. The summed E-state index contributed by atoms with van der Waals surface area (Å²) in [6.07, 6.45) is 1.87. The second kappa shape index (κ2) is 6.62. The Morgan fingerprint density at radius 3 is 2.30 bits per heavy atom. The zero-order valence-electron chi connectivity index (χ0n) is 13.1. The molecule has 2 aromatic carbocycles. The maximum absolute atomic E-state index is 5.67. The van der Waals surface area contributed by atoms with E-state index in [1.807, 2.05) is 50.0 Å². The molecule has 0 unspecified atom stereocenters. The number of hydrogen-bond acceptors (Lipinski definition) is 5. The van der Waals surface area contributed by atoms with Gasteiger partial charge >= 0.3 is 0 Å². The van der Waals surface area contributed by atoms with Crippen LogP contribution in [-0.4, -0.2) is 25.3 Å². The number of thiazole rings is 1. The van der Waals surface area contributed by atoms with E-state index in [9.17, 15) is 0 Å². The molecule has 0 spiro atoms. The van der Waals surface area contributed by atoms with Crippen molar-refractivity contribution in [1.29, 1.82) is 0 Å². The lowest BCUT2D eigenvalue weighted by Gasteiger charge is -2.11. The maximum Gasteiger partial charge on any atom is 0.180 e. The molecule has 0 fully saturated rings. The Morgan fingerprint density at radius 2 is 1.74 bits per heavy atom. The molecule has 0 atom stereocenters. The normalized spacial score (nSPS) is 11.0. The molecule has 0 aliphatic heterocycles. The molecule has 5 heteroatoms. The molecule has 0 bridgehead atoms. The standard InChI is InChI=1S/C18H18N4S/c1-22(2)16-9-3-13(4-10-16)11-20-15-7-5-14(6-8-15)17-12-23-18(19)21-17/h3-12H,1-2H3,(H2,19,21). The van der Waals surface area contributed by atoms with Crippen molar-refractivity contribution in [1.82, 2.24) is 4.98 Å². The summed E-state index contributed by atoms with van der Waals surface area (Å²) >= 11 is 1.45. The lowest BCUT2D eigenvalue weighted by Crippen LogP contribution is -2.08. The molecule has 3 aromatic rings. The summed E-state index contributed by atoms with van der Waals surface area (Å²) in [4.78, 5) is 10.9. The summed E-state index contributed by atoms with van der Waals surface area (Å²) in [6, 6.07) is 16.3. The maximum atomic E-state index is 5.67. The van der Waals surface area contributed by atoms with Gasteiger partial charge in [0.2, 0.25) is 0 Å². The largest absolute Gasteiger partial charge is 0.378 e. The highest BCUT2D eigenvalue weighted by Gasteiger charge is 2.02. The van der Waals surface area contributed by atoms with Gasteiger partial charge < -0.3 is 10.6 Å². The topological polar surface area (TPSA) is 54.5 Å². The molecule has 0 aliphatic rings. The number of benzene rings is 2. The fourth-order valence-corrected chi connectivity index (χ4v) is 2.72. The number of nitrogen functional groups attached to an aromatic ring is 1. The number of nitrogens with zero attached hydrogens (tertiary/aromatic N) is 3. The number of aliphatic imine (C=N–C) groups is 1. The summed E-state index contributed by atoms with van der Waals surface area (Å²) in [5.74, 6) is 0. The SMILES string of the molecule is CN(C)c1ccc(C=Nc2ccc(-c3csc(N)n3)cc2)cc1. The first-order valence-electron chi connectivity index (χ1n) is 7.25. The zero-order valence-corrected chi connectivity index (χ0v) is 13.9. The van der Waals surface area contributed by atoms with Crippen LogP contribution in [0.4, 0.5) is 16.5 Å². The third kappa shape index (κ3) is 3.76. The van der Waals surface area contributed by atoms with Crippen molar-refractivity contribution in [2.75, 3.05) is 24.7 Å². The van der Waals surface area contributed by atoms with Crippen LogP contribution in [0.3, 0.4) is 0 Å². The molecule has 4 nitrogen and oxygen atoms in total. The number of nitrogens with two attached hydrogens (primary N) is 1. The van der Waals surface area contributed by atoms with Gasteiger partial charge in [-0.25, -0.2) is 4.98 Å². The highest BCUT2D eigenvalue weighted by atomic mass is 32.1. The Kier molecular flexibility index (Phi) is 4.39. The highest BCUT2D eigenvalue weighted by Crippen LogP contribution is 2.25. The van der Waals surface area contributed by atoms with Crippen LogP contribution in [-0.2, 0) is 0 Å². The van der Waals surface area contributed by atoms with Gasteiger partial charge in [0.15, 0.2) is 5.13 Å². The highest BCUT2D eigenvalue weighted by molar-refractivity contribution is 7.13. The molecule has 0 amide bonds. The van der Waals surface area contributed by atoms with Crippen molar-refractivity contribution in [3.63, 3.8) is 0 Å². The lowest BCUT2D eigenvalue weighted by molar-refractivity contribution is 1.13. The minimum Gasteiger partial charge on any atom is -0.378 e. The van der Waals surface area contributed by atoms with E-state index in [4.69, 9.17) is 5.73 Å². The molecule has 1 heterocycles. The summed E-state index contributed by atoms with van der Waals surface area (Å²) < 4.78 is 0. The first kappa shape index (κ1) is 15.2. The van der Waals surface area contributed by atoms with E-state index in [0.29, 0.717) is 5.13 Å². The van der Waals surface area contributed by atoms with Crippen molar-refractivity contribution in [3.8, 4) is 11.3 Å². The smallest absolute Gasteiger partial charge is 0.180 e. The van der Waals surface area contributed by atoms with Crippen LogP contribution >= 0.6 is 11.3 Å². The van der Waals surface area contributed by atoms with E-state index in [1.54, 1.807) is 0 Å². The fraction of sp³-hybridized carbons (Fsp3) is 0.111. The summed E-state index contributed by atoms with van der Waals surface area (Å²) in [5, 5.41) is 2.54. The van der Waals surface area contributed by atoms with Gasteiger partial charge in [0, 0.05) is 36.9 Å². The van der Waals surface area contributed by atoms with E-state index in [1.165, 1.54) is 17.0 Å². The van der Waals surface area contributed by atoms with Gasteiger partial charge in [-0.1, -0.05) is 24.3 Å². The summed E-state index contributed by atoms with van der Waals surface area (Å²) in [6.45, 7) is 0. The predicted molar refractivity (Wildman–Crippen MR) is 100.0 cm³/mol. The van der Waals surface area contributed by atoms with Crippen molar-refractivity contribution < 1.29 is 0 Å². The molecule has 0 saturated heterocycles. The average Bonchev–Trinajstić information content (AvgIpc) is 3.00. The molecule has 2 N–H and O–H groups in total. The quantitative estimate of drug-likeness (QED) is 0.732. The number of rotatable bonds is 4. The van der Waals surface area contributed by atoms with Crippen LogP contribution in [0.1, 0.15) is 5.56 Å². The van der Waals surface area contributed by atoms with Gasteiger partial charge in [-0.2, -0.15) is 0 Å². The fourth-order valence-electron chi connectivity index (χ4n) is 2.15. The van der Waals surface area contributed by atoms with Crippen LogP contribution in [0, 0.1) is 0 Å². The van der Waals surface area contributed by atoms with E-state index in [-0.39, 0.29) is 0 Å². The second-order valence-corrected chi connectivity index (χ2v) is 6.25. The van der Waals surface area contributed by atoms with E-state index in [0.717, 1.165) is 22.5 Å². The minimum absolute atomic E-state index is 0.586. The molecular weight excluding hydrogens is 304 g/mol. The Labute approximate surface area is 139 Å². The van der Waals surface area contributed by atoms with Crippen LogP contribution < -0.4 is 10.6 Å². The third-order valence-electron chi connectivity index (χ3n) is 3.46. The Hall–Kier alpha value is -2.66. The molecule has 0 saturated carbocycles. The molecule has 116 valence electrons. The summed E-state index contributed by atoms with van der Waals surface area (Å²) in [7, 11) is 4.06. The van der Waals surface area contributed by atoms with Gasteiger partial charge in [-0.3, -0.25) is 4.99 Å². The molecule has 3 rings (SSSR count). The molecule has 0 radical (unpaired) electrons. The lowest BCUT2D eigenvalue weighted by atomic mass is 10.1. The molecule has 1 aromatic heterocycles. The molecule has 23 heavy (non-hydrogen) atoms. The average molecular weight is 322 g/mol. The van der Waals surface area contributed by atoms with Gasteiger partial charge in [0.25, 0.3) is 0 Å². The van der Waals surface area contributed by atoms with Crippen molar-refractivity contribution >= 4 is 34.1 Å². The zero-order chi connectivity index (χ0) is 16.2. The van der Waals surface area contributed by atoms with Gasteiger partial charge in [0.1, 0.15) is 0 Å². The van der Waals surface area contributed by atoms with Crippen LogP contribution in [0.5, 0.6) is 0 Å². The first-order valence-corrected chi connectivity index (χ1v) is 8.13. The number of aromatic nitrogens is 1. The molecular formula is C18H18N4S. The predicted octanol–water partition coefficient (Wildman–Crippen LogP) is 4.21. The second-order valence-electron chi connectivity index (χ2n) is 5.36. The third-order valence-corrected chi connectivity index (χ3v) is 4.13. The number of hydrogen-bond donors (Lipinski definition) is 1. The van der Waals surface area contributed by atoms with Crippen molar-refractivity contribution in [2.45, 2.75) is 0 Å². The van der Waals surface area contributed by atoms with Crippen LogP contribution in [0.15, 0.2) is 58.9 Å². The Bertz CT molecular complexity index is 802. The summed E-state index contributed by atoms with van der Waals surface area (Å²) in [5.41, 5.74) is 10.8. The Balaban J connectivity index is 1.72. The monoisotopic (exact) mass is 322 g/mol. The van der Waals surface area contributed by atoms with Gasteiger partial charge in [0.05, 0.1) is 11.4 Å². The van der Waals surface area contributed by atoms with Gasteiger partial charge in [-0.05, 0) is 29.8 Å². The minimum atomic E-state index is 0.586.